The Bertz CT molecular complexity index is 809. The van der Waals surface area contributed by atoms with Gasteiger partial charge in [0, 0.05) is 16.7 Å². The van der Waals surface area contributed by atoms with Gasteiger partial charge in [-0.3, -0.25) is 20.4 Å². The maximum absolute atomic E-state index is 11.9. The first-order valence-corrected chi connectivity index (χ1v) is 7.76. The Morgan fingerprint density at radius 3 is 2.77 bits per heavy atom. The van der Waals surface area contributed by atoms with E-state index in [4.69, 9.17) is 4.52 Å². The molecule has 22 heavy (non-hydrogen) atoms. The van der Waals surface area contributed by atoms with E-state index in [0.29, 0.717) is 11.5 Å². The molecule has 0 saturated heterocycles. The molecule has 3 rings (SSSR count). The molecule has 0 unspecified atom stereocenters. The number of hydrogen-bond donors (Lipinski definition) is 3. The fourth-order valence-electron chi connectivity index (χ4n) is 1.66. The van der Waals surface area contributed by atoms with Gasteiger partial charge >= 0.3 is 0 Å². The standard InChI is InChI=1S/C13H9BrN4O3S/c14-7-4-8(15-6-7)12(19)16-17-13(20)9-5-10(21-18-9)11-2-1-3-22-11/h1-6,15H,(H,16,19)(H,17,20). The monoisotopic (exact) mass is 380 g/mol. The van der Waals surface area contributed by atoms with Crippen molar-refractivity contribution in [1.82, 2.24) is 21.0 Å². The van der Waals surface area contributed by atoms with Gasteiger partial charge in [-0.25, -0.2) is 0 Å². The number of aromatic amines is 1. The van der Waals surface area contributed by atoms with Crippen molar-refractivity contribution in [2.75, 3.05) is 0 Å². The van der Waals surface area contributed by atoms with Crippen molar-refractivity contribution >= 4 is 39.1 Å². The first-order valence-electron chi connectivity index (χ1n) is 6.08. The van der Waals surface area contributed by atoms with E-state index in [1.54, 1.807) is 12.3 Å². The van der Waals surface area contributed by atoms with E-state index in [2.05, 4.69) is 36.9 Å². The van der Waals surface area contributed by atoms with Gasteiger partial charge in [0.1, 0.15) is 5.69 Å². The maximum atomic E-state index is 11.9. The molecule has 0 aliphatic heterocycles. The van der Waals surface area contributed by atoms with Gasteiger partial charge in [-0.05, 0) is 33.4 Å². The number of hydrogen-bond acceptors (Lipinski definition) is 5. The van der Waals surface area contributed by atoms with Crippen LogP contribution in [-0.4, -0.2) is 22.0 Å². The molecule has 3 N–H and O–H groups in total. The minimum Gasteiger partial charge on any atom is -0.356 e. The van der Waals surface area contributed by atoms with Crippen LogP contribution >= 0.6 is 27.3 Å². The maximum Gasteiger partial charge on any atom is 0.291 e. The third-order valence-electron chi connectivity index (χ3n) is 2.69. The Balaban J connectivity index is 1.61. The SMILES string of the molecule is O=C(NNC(=O)c1cc(Br)c[nH]1)c1cc(-c2cccs2)on1. The fourth-order valence-corrected chi connectivity index (χ4v) is 2.68. The van der Waals surface area contributed by atoms with Crippen molar-refractivity contribution in [3.63, 3.8) is 0 Å². The van der Waals surface area contributed by atoms with Crippen LogP contribution in [0.1, 0.15) is 21.0 Å². The van der Waals surface area contributed by atoms with E-state index < -0.39 is 11.8 Å². The summed E-state index contributed by atoms with van der Waals surface area (Å²) in [5.74, 6) is -0.536. The van der Waals surface area contributed by atoms with Crippen LogP contribution in [0.5, 0.6) is 0 Å². The summed E-state index contributed by atoms with van der Waals surface area (Å²) in [6, 6.07) is 6.83. The minimum atomic E-state index is -0.564. The smallest absolute Gasteiger partial charge is 0.291 e. The van der Waals surface area contributed by atoms with Crippen molar-refractivity contribution in [3.05, 3.63) is 51.7 Å². The third kappa shape index (κ3) is 3.10. The highest BCUT2D eigenvalue weighted by Crippen LogP contribution is 2.24. The number of nitrogens with zero attached hydrogens (tertiary/aromatic N) is 1. The fraction of sp³-hybridized carbons (Fsp3) is 0. The lowest BCUT2D eigenvalue weighted by atomic mass is 10.3. The zero-order valence-electron chi connectivity index (χ0n) is 10.9. The van der Waals surface area contributed by atoms with Crippen LogP contribution < -0.4 is 10.9 Å². The summed E-state index contributed by atoms with van der Waals surface area (Å²) >= 11 is 4.69. The predicted molar refractivity (Wildman–Crippen MR) is 83.2 cm³/mol. The van der Waals surface area contributed by atoms with Crippen molar-refractivity contribution in [2.45, 2.75) is 0 Å². The summed E-state index contributed by atoms with van der Waals surface area (Å²) < 4.78 is 5.84. The Kier molecular flexibility index (Phi) is 4.07. The largest absolute Gasteiger partial charge is 0.356 e. The van der Waals surface area contributed by atoms with E-state index in [1.807, 2.05) is 17.5 Å². The molecular formula is C13H9BrN4O3S. The lowest BCUT2D eigenvalue weighted by Crippen LogP contribution is -2.41. The van der Waals surface area contributed by atoms with Crippen molar-refractivity contribution < 1.29 is 14.1 Å². The van der Waals surface area contributed by atoms with Gasteiger partial charge in [0.2, 0.25) is 0 Å². The molecule has 0 atom stereocenters. The molecule has 0 aliphatic carbocycles. The molecule has 0 aromatic carbocycles. The summed E-state index contributed by atoms with van der Waals surface area (Å²) in [4.78, 5) is 27.3. The predicted octanol–water partition coefficient (Wildman–Crippen LogP) is 2.57. The zero-order valence-corrected chi connectivity index (χ0v) is 13.3. The molecule has 0 spiro atoms. The van der Waals surface area contributed by atoms with Gasteiger partial charge in [0.25, 0.3) is 11.8 Å². The first kappa shape index (κ1) is 14.5. The molecule has 7 nitrogen and oxygen atoms in total. The van der Waals surface area contributed by atoms with Gasteiger partial charge < -0.3 is 9.51 Å². The molecule has 0 saturated carbocycles. The van der Waals surface area contributed by atoms with E-state index in [1.165, 1.54) is 17.4 Å². The molecule has 3 aromatic heterocycles. The van der Waals surface area contributed by atoms with Crippen molar-refractivity contribution in [1.29, 1.82) is 0 Å². The number of rotatable bonds is 3. The highest BCUT2D eigenvalue weighted by molar-refractivity contribution is 9.10. The third-order valence-corrected chi connectivity index (χ3v) is 4.03. The molecule has 112 valence electrons. The Morgan fingerprint density at radius 1 is 1.27 bits per heavy atom. The van der Waals surface area contributed by atoms with Crippen molar-refractivity contribution in [2.24, 2.45) is 0 Å². The summed E-state index contributed by atoms with van der Waals surface area (Å²) in [5, 5.41) is 5.58. The van der Waals surface area contributed by atoms with Gasteiger partial charge in [-0.15, -0.1) is 11.3 Å². The Hall–Kier alpha value is -2.39. The molecule has 0 radical (unpaired) electrons. The molecule has 3 heterocycles. The van der Waals surface area contributed by atoms with Crippen LogP contribution in [0.4, 0.5) is 0 Å². The van der Waals surface area contributed by atoms with E-state index in [-0.39, 0.29) is 5.69 Å². The number of aromatic nitrogens is 2. The molecule has 2 amide bonds. The number of amides is 2. The summed E-state index contributed by atoms with van der Waals surface area (Å²) in [6.07, 6.45) is 1.61. The van der Waals surface area contributed by atoms with Gasteiger partial charge in [-0.1, -0.05) is 11.2 Å². The van der Waals surface area contributed by atoms with E-state index >= 15 is 0 Å². The molecule has 0 fully saturated rings. The summed E-state index contributed by atoms with van der Waals surface area (Å²) in [5.41, 5.74) is 4.95. The van der Waals surface area contributed by atoms with Crippen LogP contribution in [-0.2, 0) is 0 Å². The number of hydrazine groups is 1. The lowest BCUT2D eigenvalue weighted by molar-refractivity contribution is 0.0839. The van der Waals surface area contributed by atoms with Gasteiger partial charge in [0.05, 0.1) is 4.88 Å². The molecule has 0 aliphatic rings. The first-order chi connectivity index (χ1) is 10.6. The van der Waals surface area contributed by atoms with Gasteiger partial charge in [-0.2, -0.15) is 0 Å². The number of halogens is 1. The number of thiophene rings is 1. The van der Waals surface area contributed by atoms with Crippen LogP contribution in [0.15, 0.2) is 44.8 Å². The second-order valence-electron chi connectivity index (χ2n) is 4.19. The van der Waals surface area contributed by atoms with Crippen LogP contribution in [0.3, 0.4) is 0 Å². The second-order valence-corrected chi connectivity index (χ2v) is 6.06. The van der Waals surface area contributed by atoms with Crippen LogP contribution in [0.2, 0.25) is 0 Å². The number of nitrogens with one attached hydrogen (secondary N) is 3. The van der Waals surface area contributed by atoms with E-state index in [9.17, 15) is 9.59 Å². The number of H-pyrrole nitrogens is 1. The lowest BCUT2D eigenvalue weighted by Gasteiger charge is -2.03. The van der Waals surface area contributed by atoms with Crippen LogP contribution in [0, 0.1) is 0 Å². The molecule has 9 heteroatoms. The van der Waals surface area contributed by atoms with E-state index in [0.717, 1.165) is 9.35 Å². The molecular weight excluding hydrogens is 372 g/mol. The highest BCUT2D eigenvalue weighted by atomic mass is 79.9. The zero-order chi connectivity index (χ0) is 15.5. The highest BCUT2D eigenvalue weighted by Gasteiger charge is 2.15. The minimum absolute atomic E-state index is 0.0800. The topological polar surface area (TPSA) is 100 Å². The van der Waals surface area contributed by atoms with Crippen LogP contribution in [0.25, 0.3) is 10.6 Å². The normalized spacial score (nSPS) is 10.4. The van der Waals surface area contributed by atoms with Gasteiger partial charge in [0.15, 0.2) is 11.5 Å². The average Bonchev–Trinajstić information content (AvgIpc) is 3.23. The van der Waals surface area contributed by atoms with Crippen molar-refractivity contribution in [3.8, 4) is 10.6 Å². The Labute approximate surface area is 136 Å². The number of carbonyl (C=O) groups is 2. The Morgan fingerprint density at radius 2 is 2.09 bits per heavy atom. The second kappa shape index (κ2) is 6.16. The molecule has 0 bridgehead atoms. The average molecular weight is 381 g/mol. The summed E-state index contributed by atoms with van der Waals surface area (Å²) in [7, 11) is 0. The molecule has 3 aromatic rings. The number of carbonyl (C=O) groups excluding carboxylic acids is 2. The summed E-state index contributed by atoms with van der Waals surface area (Å²) in [6.45, 7) is 0. The quantitative estimate of drug-likeness (QED) is 0.607.